The SMILES string of the molecule is C[C@@H](Sc1nnc(CN2CCCCC2)o1)C(=O)NC1CC1. The monoisotopic (exact) mass is 310 g/mol. The third-order valence-corrected chi connectivity index (χ3v) is 4.76. The van der Waals surface area contributed by atoms with Crippen LogP contribution < -0.4 is 5.32 Å². The Labute approximate surface area is 129 Å². The second kappa shape index (κ2) is 6.79. The van der Waals surface area contributed by atoms with E-state index in [4.69, 9.17) is 4.42 Å². The Morgan fingerprint density at radius 1 is 1.38 bits per heavy atom. The highest BCUT2D eigenvalue weighted by molar-refractivity contribution is 8.00. The average Bonchev–Trinajstić information content (AvgIpc) is 3.19. The Balaban J connectivity index is 1.48. The van der Waals surface area contributed by atoms with Gasteiger partial charge in [-0.2, -0.15) is 0 Å². The summed E-state index contributed by atoms with van der Waals surface area (Å²) in [6.45, 7) is 4.79. The molecule has 1 N–H and O–H groups in total. The van der Waals surface area contributed by atoms with Gasteiger partial charge in [0.25, 0.3) is 5.22 Å². The largest absolute Gasteiger partial charge is 0.415 e. The van der Waals surface area contributed by atoms with Gasteiger partial charge in [-0.15, -0.1) is 10.2 Å². The van der Waals surface area contributed by atoms with E-state index in [0.717, 1.165) is 32.5 Å². The highest BCUT2D eigenvalue weighted by Crippen LogP contribution is 2.25. The maximum absolute atomic E-state index is 11.9. The van der Waals surface area contributed by atoms with Gasteiger partial charge in [-0.1, -0.05) is 18.2 Å². The van der Waals surface area contributed by atoms with Crippen molar-refractivity contribution in [3.63, 3.8) is 0 Å². The molecule has 0 unspecified atom stereocenters. The first kappa shape index (κ1) is 14.8. The topological polar surface area (TPSA) is 71.3 Å². The van der Waals surface area contributed by atoms with Crippen molar-refractivity contribution in [1.82, 2.24) is 20.4 Å². The number of likely N-dealkylation sites (tertiary alicyclic amines) is 1. The maximum Gasteiger partial charge on any atom is 0.277 e. The van der Waals surface area contributed by atoms with Gasteiger partial charge in [0, 0.05) is 6.04 Å². The lowest BCUT2D eigenvalue weighted by atomic mass is 10.1. The Morgan fingerprint density at radius 3 is 2.86 bits per heavy atom. The lowest BCUT2D eigenvalue weighted by molar-refractivity contribution is -0.120. The molecule has 116 valence electrons. The Morgan fingerprint density at radius 2 is 2.14 bits per heavy atom. The number of nitrogens with one attached hydrogen (secondary N) is 1. The van der Waals surface area contributed by atoms with Crippen LogP contribution in [0.25, 0.3) is 0 Å². The highest BCUT2D eigenvalue weighted by atomic mass is 32.2. The van der Waals surface area contributed by atoms with E-state index < -0.39 is 0 Å². The molecule has 1 aliphatic carbocycles. The van der Waals surface area contributed by atoms with Gasteiger partial charge in [-0.05, 0) is 45.7 Å². The Hall–Kier alpha value is -1.08. The van der Waals surface area contributed by atoms with Crippen LogP contribution in [0, 0.1) is 0 Å². The molecular weight excluding hydrogens is 288 g/mol. The van der Waals surface area contributed by atoms with Gasteiger partial charge in [-0.3, -0.25) is 9.69 Å². The smallest absolute Gasteiger partial charge is 0.277 e. The van der Waals surface area contributed by atoms with Crippen molar-refractivity contribution < 1.29 is 9.21 Å². The second-order valence-corrected chi connectivity index (χ2v) is 7.13. The summed E-state index contributed by atoms with van der Waals surface area (Å²) in [6, 6.07) is 0.387. The molecule has 7 heteroatoms. The number of hydrogen-bond donors (Lipinski definition) is 1. The van der Waals surface area contributed by atoms with Crippen LogP contribution in [0.3, 0.4) is 0 Å². The molecule has 1 aromatic heterocycles. The van der Waals surface area contributed by atoms with Gasteiger partial charge in [0.05, 0.1) is 11.8 Å². The summed E-state index contributed by atoms with van der Waals surface area (Å²) >= 11 is 1.33. The zero-order valence-corrected chi connectivity index (χ0v) is 13.2. The second-order valence-electron chi connectivity index (χ2n) is 5.84. The van der Waals surface area contributed by atoms with Crippen LogP contribution in [0.1, 0.15) is 44.9 Å². The minimum atomic E-state index is -0.200. The number of carbonyl (C=O) groups is 1. The maximum atomic E-state index is 11.9. The van der Waals surface area contributed by atoms with Crippen molar-refractivity contribution in [3.05, 3.63) is 5.89 Å². The number of piperidine rings is 1. The summed E-state index contributed by atoms with van der Waals surface area (Å²) < 4.78 is 5.65. The molecule has 1 atom stereocenters. The van der Waals surface area contributed by atoms with Gasteiger partial charge in [0.1, 0.15) is 0 Å². The number of rotatable bonds is 6. The molecular formula is C14H22N4O2S. The molecule has 2 heterocycles. The van der Waals surface area contributed by atoms with Crippen LogP contribution in [0.2, 0.25) is 0 Å². The fourth-order valence-electron chi connectivity index (χ4n) is 2.41. The fraction of sp³-hybridized carbons (Fsp3) is 0.786. The number of amides is 1. The summed E-state index contributed by atoms with van der Waals surface area (Å²) in [5.41, 5.74) is 0. The van der Waals surface area contributed by atoms with Crippen molar-refractivity contribution in [3.8, 4) is 0 Å². The van der Waals surface area contributed by atoms with Crippen molar-refractivity contribution in [2.45, 2.75) is 62.1 Å². The minimum absolute atomic E-state index is 0.0540. The third kappa shape index (κ3) is 4.44. The van der Waals surface area contributed by atoms with E-state index in [-0.39, 0.29) is 11.2 Å². The number of thioether (sulfide) groups is 1. The molecule has 21 heavy (non-hydrogen) atoms. The number of nitrogens with zero attached hydrogens (tertiary/aromatic N) is 3. The normalized spacial score (nSPS) is 21.2. The van der Waals surface area contributed by atoms with Crippen LogP contribution >= 0.6 is 11.8 Å². The average molecular weight is 310 g/mol. The highest BCUT2D eigenvalue weighted by Gasteiger charge is 2.27. The van der Waals surface area contributed by atoms with Gasteiger partial charge >= 0.3 is 0 Å². The first-order valence-electron chi connectivity index (χ1n) is 7.72. The van der Waals surface area contributed by atoms with Gasteiger partial charge in [0.2, 0.25) is 11.8 Å². The zero-order valence-electron chi connectivity index (χ0n) is 12.4. The first-order valence-corrected chi connectivity index (χ1v) is 8.60. The molecule has 1 saturated carbocycles. The molecule has 0 aromatic carbocycles. The first-order chi connectivity index (χ1) is 10.2. The molecule has 6 nitrogen and oxygen atoms in total. The van der Waals surface area contributed by atoms with Crippen molar-refractivity contribution >= 4 is 17.7 Å². The fourth-order valence-corrected chi connectivity index (χ4v) is 3.12. The molecule has 0 radical (unpaired) electrons. The summed E-state index contributed by atoms with van der Waals surface area (Å²) in [5.74, 6) is 0.701. The number of hydrogen-bond acceptors (Lipinski definition) is 6. The van der Waals surface area contributed by atoms with E-state index in [2.05, 4.69) is 20.4 Å². The summed E-state index contributed by atoms with van der Waals surface area (Å²) in [6.07, 6.45) is 6.00. The molecule has 3 rings (SSSR count). The predicted octanol–water partition coefficient (Wildman–Crippen LogP) is 1.81. The van der Waals surface area contributed by atoms with Crippen LogP contribution in [0.4, 0.5) is 0 Å². The molecule has 1 aliphatic heterocycles. The molecule has 1 saturated heterocycles. The minimum Gasteiger partial charge on any atom is -0.415 e. The van der Waals surface area contributed by atoms with Crippen LogP contribution in [0.5, 0.6) is 0 Å². The van der Waals surface area contributed by atoms with Crippen LogP contribution in [0.15, 0.2) is 9.64 Å². The predicted molar refractivity (Wildman–Crippen MR) is 79.9 cm³/mol. The van der Waals surface area contributed by atoms with Crippen molar-refractivity contribution in [2.75, 3.05) is 13.1 Å². The van der Waals surface area contributed by atoms with E-state index in [1.54, 1.807) is 0 Å². The molecule has 2 aliphatic rings. The third-order valence-electron chi connectivity index (χ3n) is 3.83. The summed E-state index contributed by atoms with van der Waals surface area (Å²) in [4.78, 5) is 14.2. The molecule has 1 amide bonds. The molecule has 2 fully saturated rings. The van der Waals surface area contributed by atoms with E-state index in [0.29, 0.717) is 17.2 Å². The lowest BCUT2D eigenvalue weighted by Gasteiger charge is -2.24. The standard InChI is InChI=1S/C14H22N4O2S/c1-10(13(19)15-11-5-6-11)21-14-17-16-12(20-14)9-18-7-3-2-4-8-18/h10-11H,2-9H2,1H3,(H,15,19)/t10-/m1/s1. The summed E-state index contributed by atoms with van der Waals surface area (Å²) in [5, 5.41) is 11.4. The van der Waals surface area contributed by atoms with Crippen molar-refractivity contribution in [2.24, 2.45) is 0 Å². The quantitative estimate of drug-likeness (QED) is 0.808. The van der Waals surface area contributed by atoms with E-state index >= 15 is 0 Å². The van der Waals surface area contributed by atoms with E-state index in [1.807, 2.05) is 6.92 Å². The molecule has 0 bridgehead atoms. The van der Waals surface area contributed by atoms with E-state index in [9.17, 15) is 4.79 Å². The number of aromatic nitrogens is 2. The summed E-state index contributed by atoms with van der Waals surface area (Å²) in [7, 11) is 0. The Bertz CT molecular complexity index is 483. The number of carbonyl (C=O) groups excluding carboxylic acids is 1. The van der Waals surface area contributed by atoms with Gasteiger partial charge in [-0.25, -0.2) is 0 Å². The Kier molecular flexibility index (Phi) is 4.80. The van der Waals surface area contributed by atoms with Gasteiger partial charge < -0.3 is 9.73 Å². The van der Waals surface area contributed by atoms with Crippen molar-refractivity contribution in [1.29, 1.82) is 0 Å². The van der Waals surface area contributed by atoms with Crippen LogP contribution in [-0.2, 0) is 11.3 Å². The zero-order chi connectivity index (χ0) is 14.7. The molecule has 0 spiro atoms. The lowest BCUT2D eigenvalue weighted by Crippen LogP contribution is -2.32. The van der Waals surface area contributed by atoms with Crippen LogP contribution in [-0.4, -0.2) is 45.4 Å². The molecule has 1 aromatic rings. The van der Waals surface area contributed by atoms with E-state index in [1.165, 1.54) is 31.0 Å². The van der Waals surface area contributed by atoms with Gasteiger partial charge in [0.15, 0.2) is 0 Å².